The van der Waals surface area contributed by atoms with E-state index in [1.165, 1.54) is 19.1 Å². The lowest BCUT2D eigenvalue weighted by molar-refractivity contribution is -0.384. The second kappa shape index (κ2) is 6.59. The van der Waals surface area contributed by atoms with Crippen LogP contribution < -0.4 is 0 Å². The topological polar surface area (TPSA) is 87.3 Å². The number of ether oxygens (including phenoxy) is 1. The molecule has 124 valence electrons. The molecule has 0 saturated carbocycles. The van der Waals surface area contributed by atoms with Gasteiger partial charge in [-0.2, -0.15) is 5.10 Å². The third kappa shape index (κ3) is 4.23. The first-order chi connectivity index (χ1) is 10.7. The summed E-state index contributed by atoms with van der Waals surface area (Å²) in [7, 11) is -1.17. The Balaban J connectivity index is 2.26. The molecule has 0 unspecified atom stereocenters. The summed E-state index contributed by atoms with van der Waals surface area (Å²) in [5.41, 5.74) is 0.838. The predicted molar refractivity (Wildman–Crippen MR) is 90.5 cm³/mol. The molecular weight excluding hydrogens is 314 g/mol. The van der Waals surface area contributed by atoms with E-state index in [-0.39, 0.29) is 23.9 Å². The third-order valence-electron chi connectivity index (χ3n) is 3.49. The molecule has 1 aromatic heterocycles. The van der Waals surface area contributed by atoms with Crippen LogP contribution in [0.3, 0.4) is 0 Å². The Hall–Kier alpha value is -2.06. The van der Waals surface area contributed by atoms with Gasteiger partial charge in [0.25, 0.3) is 5.69 Å². The van der Waals surface area contributed by atoms with Gasteiger partial charge in [0, 0.05) is 39.1 Å². The fourth-order valence-electron chi connectivity index (χ4n) is 2.17. The lowest BCUT2D eigenvalue weighted by atomic mass is 10.1. The van der Waals surface area contributed by atoms with E-state index >= 15 is 0 Å². The second-order valence-electron chi connectivity index (χ2n) is 6.71. The summed E-state index contributed by atoms with van der Waals surface area (Å²) >= 11 is 0. The molecule has 8 heteroatoms. The molecule has 0 aliphatic rings. The molecule has 0 spiro atoms. The van der Waals surface area contributed by atoms with Crippen molar-refractivity contribution in [2.75, 3.05) is 6.61 Å². The normalized spacial score (nSPS) is 11.8. The van der Waals surface area contributed by atoms with Crippen LogP contribution in [0, 0.1) is 10.1 Å². The van der Waals surface area contributed by atoms with Crippen molar-refractivity contribution in [2.45, 2.75) is 39.3 Å². The van der Waals surface area contributed by atoms with Crippen LogP contribution in [0.4, 0.5) is 5.69 Å². The highest BCUT2D eigenvalue weighted by atomic mass is 28.3. The molecule has 0 amide bonds. The zero-order valence-corrected chi connectivity index (χ0v) is 14.8. The van der Waals surface area contributed by atoms with E-state index in [0.29, 0.717) is 17.5 Å². The zero-order valence-electron chi connectivity index (χ0n) is 13.8. The predicted octanol–water partition coefficient (Wildman–Crippen LogP) is 3.46. The van der Waals surface area contributed by atoms with E-state index in [9.17, 15) is 14.9 Å². The number of aromatic nitrogens is 2. The van der Waals surface area contributed by atoms with E-state index in [1.54, 1.807) is 10.7 Å². The highest BCUT2D eigenvalue weighted by Crippen LogP contribution is 2.24. The zero-order chi connectivity index (χ0) is 17.2. The fourth-order valence-corrected chi connectivity index (χ4v) is 2.93. The van der Waals surface area contributed by atoms with Gasteiger partial charge in [0.2, 0.25) is 0 Å². The van der Waals surface area contributed by atoms with E-state index < -0.39 is 13.0 Å². The Bertz CT molecular complexity index is 749. The molecule has 0 bridgehead atoms. The number of hydrogen-bond donors (Lipinski definition) is 0. The van der Waals surface area contributed by atoms with Gasteiger partial charge in [0.1, 0.15) is 12.4 Å². The first-order valence-corrected chi connectivity index (χ1v) is 11.1. The van der Waals surface area contributed by atoms with Crippen LogP contribution in [0.5, 0.6) is 0 Å². The van der Waals surface area contributed by atoms with Crippen LogP contribution in [0.25, 0.3) is 10.9 Å². The highest BCUT2D eigenvalue weighted by molar-refractivity contribution is 6.76. The minimum atomic E-state index is -1.17. The van der Waals surface area contributed by atoms with Crippen molar-refractivity contribution in [1.29, 1.82) is 0 Å². The highest BCUT2D eigenvalue weighted by Gasteiger charge is 2.18. The molecule has 0 aliphatic carbocycles. The number of nitro benzene ring substituents is 1. The van der Waals surface area contributed by atoms with Crippen molar-refractivity contribution in [1.82, 2.24) is 9.78 Å². The average Bonchev–Trinajstić information content (AvgIpc) is 2.80. The van der Waals surface area contributed by atoms with Gasteiger partial charge in [-0.25, -0.2) is 4.68 Å². The minimum Gasteiger partial charge on any atom is -0.360 e. The quantitative estimate of drug-likeness (QED) is 0.254. The van der Waals surface area contributed by atoms with Gasteiger partial charge in [0.15, 0.2) is 5.78 Å². The standard InChI is InChI=1S/C15H21N3O4Si/c1-11(19)15-13-9-12(18(20)21)5-6-14(13)17(16-15)10-22-7-8-23(2,3)4/h5-6,9H,7-8,10H2,1-4H3. The van der Waals surface area contributed by atoms with Crippen LogP contribution >= 0.6 is 0 Å². The molecule has 0 N–H and O–H groups in total. The van der Waals surface area contributed by atoms with Crippen molar-refractivity contribution in [3.8, 4) is 0 Å². The number of nitrogens with zero attached hydrogens (tertiary/aromatic N) is 3. The molecule has 2 aromatic rings. The molecule has 0 saturated heterocycles. The van der Waals surface area contributed by atoms with Crippen molar-refractivity contribution in [3.63, 3.8) is 0 Å². The van der Waals surface area contributed by atoms with E-state index in [0.717, 1.165) is 6.04 Å². The average molecular weight is 335 g/mol. The Morgan fingerprint density at radius 3 is 2.65 bits per heavy atom. The molecule has 0 fully saturated rings. The van der Waals surface area contributed by atoms with E-state index in [2.05, 4.69) is 24.7 Å². The first-order valence-electron chi connectivity index (χ1n) is 7.43. The summed E-state index contributed by atoms with van der Waals surface area (Å²) in [6, 6.07) is 5.44. The lowest BCUT2D eigenvalue weighted by Gasteiger charge is -2.15. The van der Waals surface area contributed by atoms with Gasteiger partial charge < -0.3 is 4.74 Å². The number of rotatable bonds is 7. The molecule has 0 aliphatic heterocycles. The number of carbonyl (C=O) groups is 1. The lowest BCUT2D eigenvalue weighted by Crippen LogP contribution is -2.22. The van der Waals surface area contributed by atoms with Gasteiger partial charge >= 0.3 is 0 Å². The minimum absolute atomic E-state index is 0.0563. The number of nitro groups is 1. The van der Waals surface area contributed by atoms with Crippen molar-refractivity contribution < 1.29 is 14.5 Å². The Labute approximate surface area is 135 Å². The summed E-state index contributed by atoms with van der Waals surface area (Å²) in [6.45, 7) is 9.08. The summed E-state index contributed by atoms with van der Waals surface area (Å²) in [4.78, 5) is 22.2. The first kappa shape index (κ1) is 17.3. The molecule has 1 aromatic carbocycles. The Morgan fingerprint density at radius 2 is 2.09 bits per heavy atom. The Morgan fingerprint density at radius 1 is 1.39 bits per heavy atom. The van der Waals surface area contributed by atoms with Crippen LogP contribution in [0.1, 0.15) is 17.4 Å². The number of fused-ring (bicyclic) bond motifs is 1. The van der Waals surface area contributed by atoms with Crippen LogP contribution in [0.15, 0.2) is 18.2 Å². The summed E-state index contributed by atoms with van der Waals surface area (Å²) < 4.78 is 7.25. The van der Waals surface area contributed by atoms with Gasteiger partial charge in [-0.3, -0.25) is 14.9 Å². The summed E-state index contributed by atoms with van der Waals surface area (Å²) in [5.74, 6) is -0.226. The number of hydrogen-bond acceptors (Lipinski definition) is 5. The summed E-state index contributed by atoms with van der Waals surface area (Å²) in [6.07, 6.45) is 0. The maximum atomic E-state index is 11.7. The summed E-state index contributed by atoms with van der Waals surface area (Å²) in [5, 5.41) is 15.7. The van der Waals surface area contributed by atoms with Gasteiger partial charge in [0.05, 0.1) is 10.4 Å². The molecular formula is C15H21N3O4Si. The smallest absolute Gasteiger partial charge is 0.270 e. The van der Waals surface area contributed by atoms with Gasteiger partial charge in [-0.15, -0.1) is 0 Å². The van der Waals surface area contributed by atoms with Gasteiger partial charge in [-0.1, -0.05) is 19.6 Å². The van der Waals surface area contributed by atoms with Crippen LogP contribution in [-0.4, -0.2) is 35.2 Å². The molecule has 1 heterocycles. The number of carbonyl (C=O) groups excluding carboxylic acids is 1. The van der Waals surface area contributed by atoms with Crippen LogP contribution in [-0.2, 0) is 11.5 Å². The molecule has 2 rings (SSSR count). The number of benzene rings is 1. The third-order valence-corrected chi connectivity index (χ3v) is 5.19. The number of ketones is 1. The van der Waals surface area contributed by atoms with Crippen molar-refractivity contribution >= 4 is 30.4 Å². The molecule has 7 nitrogen and oxygen atoms in total. The number of Topliss-reactive ketones (excluding diaryl/α,β-unsaturated/α-hetero) is 1. The second-order valence-corrected chi connectivity index (χ2v) is 12.3. The molecule has 23 heavy (non-hydrogen) atoms. The largest absolute Gasteiger partial charge is 0.360 e. The number of non-ortho nitro benzene ring substituents is 1. The van der Waals surface area contributed by atoms with Crippen molar-refractivity contribution in [3.05, 3.63) is 34.0 Å². The fraction of sp³-hybridized carbons (Fsp3) is 0.467. The van der Waals surface area contributed by atoms with Crippen molar-refractivity contribution in [2.24, 2.45) is 0 Å². The maximum Gasteiger partial charge on any atom is 0.270 e. The molecule has 0 atom stereocenters. The maximum absolute atomic E-state index is 11.7. The van der Waals surface area contributed by atoms with Crippen LogP contribution in [0.2, 0.25) is 25.7 Å². The van der Waals surface area contributed by atoms with E-state index in [4.69, 9.17) is 4.74 Å². The monoisotopic (exact) mass is 335 g/mol. The SMILES string of the molecule is CC(=O)c1nn(COCC[Si](C)(C)C)c2ccc([N+](=O)[O-])cc12. The van der Waals surface area contributed by atoms with Gasteiger partial charge in [-0.05, 0) is 12.1 Å². The molecule has 0 radical (unpaired) electrons. The Kier molecular flexibility index (Phi) is 4.96. The van der Waals surface area contributed by atoms with E-state index in [1.807, 2.05) is 0 Å².